The Bertz CT molecular complexity index is 795. The molecule has 5 N–H and O–H groups in total. The van der Waals surface area contributed by atoms with Gasteiger partial charge in [-0.25, -0.2) is 0 Å². The highest BCUT2D eigenvalue weighted by molar-refractivity contribution is 5.84. The summed E-state index contributed by atoms with van der Waals surface area (Å²) in [6.07, 6.45) is -1.73. The van der Waals surface area contributed by atoms with Crippen molar-refractivity contribution in [2.75, 3.05) is 13.2 Å². The molecule has 1 amide bonds. The molecule has 2 aliphatic rings. The van der Waals surface area contributed by atoms with Gasteiger partial charge in [-0.05, 0) is 22.3 Å². The van der Waals surface area contributed by atoms with E-state index in [1.165, 1.54) is 11.1 Å². The summed E-state index contributed by atoms with van der Waals surface area (Å²) in [5.41, 5.74) is 4.66. The minimum Gasteiger partial charge on any atom is -0.395 e. The van der Waals surface area contributed by atoms with E-state index < -0.39 is 24.3 Å². The van der Waals surface area contributed by atoms with Crippen LogP contribution in [0.3, 0.4) is 0 Å². The van der Waals surface area contributed by atoms with E-state index >= 15 is 0 Å². The van der Waals surface area contributed by atoms with E-state index in [0.717, 1.165) is 11.1 Å². The molecule has 0 bridgehead atoms. The fraction of sp³-hybridized carbons (Fsp3) is 0.381. The summed E-state index contributed by atoms with van der Waals surface area (Å²) < 4.78 is 0. The van der Waals surface area contributed by atoms with Crippen LogP contribution in [0.1, 0.15) is 23.5 Å². The second-order valence-electron chi connectivity index (χ2n) is 7.28. The third kappa shape index (κ3) is 3.26. The molecular weight excluding hydrogens is 344 g/mol. The van der Waals surface area contributed by atoms with Crippen molar-refractivity contribution < 1.29 is 20.1 Å². The quantitative estimate of drug-likeness (QED) is 0.525. The standard InChI is InChI=1S/C21H24N2O4/c24-11-18-21(27)20(26)17(23-18)10-22-19(25)9-16-14-7-3-1-5-12(14)13-6-2-4-8-15(13)16/h1-8,16-18,20-21,23-24,26-27H,9-11H2,(H,22,25)/t17-,18-,20-,21-/m1/s1. The van der Waals surface area contributed by atoms with Gasteiger partial charge < -0.3 is 26.0 Å². The van der Waals surface area contributed by atoms with Crippen molar-refractivity contribution in [3.8, 4) is 11.1 Å². The van der Waals surface area contributed by atoms with Crippen molar-refractivity contribution in [2.24, 2.45) is 0 Å². The van der Waals surface area contributed by atoms with E-state index in [4.69, 9.17) is 0 Å². The van der Waals surface area contributed by atoms with Gasteiger partial charge in [-0.3, -0.25) is 4.79 Å². The van der Waals surface area contributed by atoms with Crippen molar-refractivity contribution in [1.82, 2.24) is 10.6 Å². The van der Waals surface area contributed by atoms with E-state index in [2.05, 4.69) is 34.9 Å². The van der Waals surface area contributed by atoms with E-state index in [0.29, 0.717) is 6.42 Å². The first-order valence-corrected chi connectivity index (χ1v) is 9.28. The molecule has 1 heterocycles. The van der Waals surface area contributed by atoms with Gasteiger partial charge in [-0.1, -0.05) is 48.5 Å². The Labute approximate surface area is 157 Å². The number of hydrogen-bond acceptors (Lipinski definition) is 5. The van der Waals surface area contributed by atoms with Gasteiger partial charge in [0, 0.05) is 18.9 Å². The maximum Gasteiger partial charge on any atom is 0.221 e. The van der Waals surface area contributed by atoms with Crippen LogP contribution < -0.4 is 10.6 Å². The van der Waals surface area contributed by atoms with Gasteiger partial charge in [-0.2, -0.15) is 0 Å². The highest BCUT2D eigenvalue weighted by atomic mass is 16.3. The number of carbonyl (C=O) groups excluding carboxylic acids is 1. The monoisotopic (exact) mass is 368 g/mol. The van der Waals surface area contributed by atoms with E-state index in [1.54, 1.807) is 0 Å². The SMILES string of the molecule is O=C(CC1c2ccccc2-c2ccccc21)NC[C@H]1N[C@H](CO)[C@@H](O)[C@@H]1O. The van der Waals surface area contributed by atoms with Crippen LogP contribution in [0, 0.1) is 0 Å². The highest BCUT2D eigenvalue weighted by Gasteiger charge is 2.40. The van der Waals surface area contributed by atoms with Gasteiger partial charge in [0.25, 0.3) is 0 Å². The first-order valence-electron chi connectivity index (χ1n) is 9.28. The second kappa shape index (κ2) is 7.40. The molecule has 27 heavy (non-hydrogen) atoms. The summed E-state index contributed by atoms with van der Waals surface area (Å²) in [6.45, 7) is -0.0676. The predicted molar refractivity (Wildman–Crippen MR) is 101 cm³/mol. The Balaban J connectivity index is 1.43. The Kier molecular flexibility index (Phi) is 4.97. The van der Waals surface area contributed by atoms with Crippen LogP contribution in [0.4, 0.5) is 0 Å². The van der Waals surface area contributed by atoms with Crippen LogP contribution >= 0.6 is 0 Å². The van der Waals surface area contributed by atoms with Crippen LogP contribution in [0.2, 0.25) is 0 Å². The molecule has 4 atom stereocenters. The van der Waals surface area contributed by atoms with E-state index in [-0.39, 0.29) is 25.0 Å². The van der Waals surface area contributed by atoms with Gasteiger partial charge in [-0.15, -0.1) is 0 Å². The Morgan fingerprint density at radius 2 is 1.48 bits per heavy atom. The smallest absolute Gasteiger partial charge is 0.221 e. The molecule has 142 valence electrons. The molecule has 4 rings (SSSR count). The zero-order chi connectivity index (χ0) is 19.0. The minimum atomic E-state index is -1.04. The summed E-state index contributed by atoms with van der Waals surface area (Å²) in [7, 11) is 0. The van der Waals surface area contributed by atoms with Crippen LogP contribution in [-0.4, -0.2) is 58.7 Å². The molecule has 1 aliphatic carbocycles. The van der Waals surface area contributed by atoms with Gasteiger partial charge in [0.2, 0.25) is 5.91 Å². The van der Waals surface area contributed by atoms with Crippen LogP contribution in [0.15, 0.2) is 48.5 Å². The number of amides is 1. The number of benzene rings is 2. The molecule has 0 spiro atoms. The minimum absolute atomic E-state index is 0.00893. The fourth-order valence-corrected chi connectivity index (χ4v) is 4.25. The lowest BCUT2D eigenvalue weighted by atomic mass is 9.93. The number of fused-ring (bicyclic) bond motifs is 3. The number of aliphatic hydroxyl groups excluding tert-OH is 3. The zero-order valence-electron chi connectivity index (χ0n) is 14.9. The average Bonchev–Trinajstić information content (AvgIpc) is 3.16. The molecule has 6 nitrogen and oxygen atoms in total. The summed E-state index contributed by atoms with van der Waals surface area (Å²) in [5.74, 6) is -0.0999. The molecule has 0 saturated carbocycles. The van der Waals surface area contributed by atoms with Crippen LogP contribution in [0.25, 0.3) is 11.1 Å². The predicted octanol–water partition coefficient (Wildman–Crippen LogP) is 0.360. The molecule has 6 heteroatoms. The molecule has 2 aromatic rings. The first-order chi connectivity index (χ1) is 13.1. The number of nitrogens with one attached hydrogen (secondary N) is 2. The van der Waals surface area contributed by atoms with Crippen molar-refractivity contribution >= 4 is 5.91 Å². The zero-order valence-corrected chi connectivity index (χ0v) is 14.9. The molecular formula is C21H24N2O4. The topological polar surface area (TPSA) is 102 Å². The lowest BCUT2D eigenvalue weighted by Crippen LogP contribution is -2.44. The summed E-state index contributed by atoms with van der Waals surface area (Å²) in [4.78, 5) is 12.6. The number of aliphatic hydroxyl groups is 3. The Hall–Kier alpha value is -2.25. The lowest BCUT2D eigenvalue weighted by molar-refractivity contribution is -0.121. The molecule has 1 aliphatic heterocycles. The van der Waals surface area contributed by atoms with Crippen molar-refractivity contribution in [3.63, 3.8) is 0 Å². The largest absolute Gasteiger partial charge is 0.395 e. The third-order valence-electron chi connectivity index (χ3n) is 5.67. The molecule has 0 unspecified atom stereocenters. The maximum absolute atomic E-state index is 12.6. The third-order valence-corrected chi connectivity index (χ3v) is 5.67. The van der Waals surface area contributed by atoms with Crippen molar-refractivity contribution in [3.05, 3.63) is 59.7 Å². The van der Waals surface area contributed by atoms with Gasteiger partial charge in [0.1, 0.15) is 0 Å². The van der Waals surface area contributed by atoms with E-state index in [9.17, 15) is 20.1 Å². The first kappa shape index (κ1) is 18.1. The summed E-state index contributed by atoms with van der Waals surface area (Å²) in [6, 6.07) is 15.2. The molecule has 2 aromatic carbocycles. The van der Waals surface area contributed by atoms with Gasteiger partial charge >= 0.3 is 0 Å². The van der Waals surface area contributed by atoms with Gasteiger partial charge in [0.05, 0.1) is 30.9 Å². The lowest BCUT2D eigenvalue weighted by Gasteiger charge is -2.18. The van der Waals surface area contributed by atoms with Crippen molar-refractivity contribution in [1.29, 1.82) is 0 Å². The normalized spacial score (nSPS) is 26.6. The molecule has 1 saturated heterocycles. The van der Waals surface area contributed by atoms with Crippen LogP contribution in [0.5, 0.6) is 0 Å². The Morgan fingerprint density at radius 1 is 0.926 bits per heavy atom. The fourth-order valence-electron chi connectivity index (χ4n) is 4.25. The number of hydrogen-bond donors (Lipinski definition) is 5. The molecule has 0 aromatic heterocycles. The second-order valence-corrected chi connectivity index (χ2v) is 7.28. The van der Waals surface area contributed by atoms with E-state index in [1.807, 2.05) is 24.3 Å². The Morgan fingerprint density at radius 3 is 2.04 bits per heavy atom. The summed E-state index contributed by atoms with van der Waals surface area (Å²) >= 11 is 0. The summed E-state index contributed by atoms with van der Waals surface area (Å²) in [5, 5.41) is 34.9. The van der Waals surface area contributed by atoms with Crippen molar-refractivity contribution in [2.45, 2.75) is 36.6 Å². The van der Waals surface area contributed by atoms with Gasteiger partial charge in [0.15, 0.2) is 0 Å². The molecule has 1 fully saturated rings. The average molecular weight is 368 g/mol. The highest BCUT2D eigenvalue weighted by Crippen LogP contribution is 2.45. The number of rotatable bonds is 5. The number of carbonyl (C=O) groups is 1. The van der Waals surface area contributed by atoms with Crippen LogP contribution in [-0.2, 0) is 4.79 Å². The maximum atomic E-state index is 12.6. The molecule has 0 radical (unpaired) electrons.